The van der Waals surface area contributed by atoms with Gasteiger partial charge in [0, 0.05) is 18.8 Å². The number of rotatable bonds is 6. The number of nitrogens with zero attached hydrogens (tertiary/aromatic N) is 2. The van der Waals surface area contributed by atoms with E-state index in [-0.39, 0.29) is 12.2 Å². The van der Waals surface area contributed by atoms with Crippen LogP contribution in [-0.4, -0.2) is 42.6 Å². The number of fused-ring (bicyclic) bond motifs is 2. The van der Waals surface area contributed by atoms with Crippen LogP contribution in [0.1, 0.15) is 12.5 Å². The fourth-order valence-electron chi connectivity index (χ4n) is 4.64. The molecule has 0 radical (unpaired) electrons. The van der Waals surface area contributed by atoms with E-state index in [2.05, 4.69) is 11.4 Å². The number of hydrogen-bond donors (Lipinski definition) is 2. The second-order valence-electron chi connectivity index (χ2n) is 8.51. The van der Waals surface area contributed by atoms with E-state index in [4.69, 9.17) is 0 Å². The van der Waals surface area contributed by atoms with Crippen molar-refractivity contribution in [2.75, 3.05) is 29.5 Å². The molecule has 2 N–H and O–H groups in total. The maximum atomic E-state index is 13.5. The van der Waals surface area contributed by atoms with Gasteiger partial charge in [0.2, 0.25) is 0 Å². The molecule has 0 aromatic heterocycles. The Kier molecular flexibility index (Phi) is 6.23. The Bertz CT molecular complexity index is 1470. The number of likely N-dealkylation sites (N-methyl/N-ethyl adjacent to an activating group) is 1. The van der Waals surface area contributed by atoms with Crippen LogP contribution in [0.15, 0.2) is 84.4 Å². The number of carbonyl (C=O) groups is 3. The molecule has 5 rings (SSSR count). The van der Waals surface area contributed by atoms with Crippen LogP contribution in [0.25, 0.3) is 27.6 Å². The average molecular weight is 480 g/mol. The summed E-state index contributed by atoms with van der Waals surface area (Å²) in [6.45, 7) is 3.16. The molecule has 0 aliphatic carbocycles. The van der Waals surface area contributed by atoms with Gasteiger partial charge in [0.05, 0.1) is 12.3 Å². The monoisotopic (exact) mass is 479 g/mol. The Balaban J connectivity index is 1.59. The normalized spacial score (nSPS) is 15.1. The number of aliphatic hydroxyl groups excluding tert-OH is 1. The van der Waals surface area contributed by atoms with E-state index in [0.717, 1.165) is 37.7 Å². The molecule has 0 bridgehead atoms. The van der Waals surface area contributed by atoms with Crippen molar-refractivity contribution in [3.8, 4) is 0 Å². The van der Waals surface area contributed by atoms with Crippen LogP contribution in [0.4, 0.5) is 16.2 Å². The zero-order valence-electron chi connectivity index (χ0n) is 19.8. The van der Waals surface area contributed by atoms with Crippen LogP contribution < -0.4 is 15.1 Å². The fourth-order valence-corrected chi connectivity index (χ4v) is 4.64. The first-order chi connectivity index (χ1) is 17.5. The number of aliphatic hydroxyl groups is 1. The van der Waals surface area contributed by atoms with Crippen LogP contribution in [-0.2, 0) is 9.59 Å². The molecular weight excluding hydrogens is 454 g/mol. The third-order valence-electron chi connectivity index (χ3n) is 6.43. The standard InChI is InChI=1S/C29H25N3O4/c1-2-31(15-16-33)21-11-13-22(14-12-21)32-28(35)26(27(34)30-29(32)36)18-25-23-9-5-3-7-19(23)17-20-8-4-6-10-24(20)25/h3-14,17-18,33H,2,15-16H2,1H3,(H,30,34,36). The Hall–Kier alpha value is -4.49. The highest BCUT2D eigenvalue weighted by molar-refractivity contribution is 6.39. The Labute approximate surface area is 208 Å². The molecule has 1 aliphatic heterocycles. The van der Waals surface area contributed by atoms with Crippen LogP contribution in [0.2, 0.25) is 0 Å². The van der Waals surface area contributed by atoms with E-state index in [0.29, 0.717) is 18.8 Å². The minimum atomic E-state index is -0.791. The van der Waals surface area contributed by atoms with Crippen molar-refractivity contribution in [1.29, 1.82) is 0 Å². The highest BCUT2D eigenvalue weighted by atomic mass is 16.3. The largest absolute Gasteiger partial charge is 0.395 e. The highest BCUT2D eigenvalue weighted by Gasteiger charge is 2.37. The van der Waals surface area contributed by atoms with Crippen molar-refractivity contribution in [3.63, 3.8) is 0 Å². The molecule has 0 saturated carbocycles. The number of nitrogens with one attached hydrogen (secondary N) is 1. The summed E-state index contributed by atoms with van der Waals surface area (Å²) in [5.41, 5.74) is 1.83. The van der Waals surface area contributed by atoms with Gasteiger partial charge in [0.15, 0.2) is 0 Å². The number of imide groups is 2. The lowest BCUT2D eigenvalue weighted by Gasteiger charge is -2.27. The van der Waals surface area contributed by atoms with Gasteiger partial charge in [-0.15, -0.1) is 0 Å². The van der Waals surface area contributed by atoms with Gasteiger partial charge < -0.3 is 10.0 Å². The minimum absolute atomic E-state index is 0.0156. The molecule has 4 aromatic rings. The second kappa shape index (κ2) is 9.64. The number of hydrogen-bond acceptors (Lipinski definition) is 5. The van der Waals surface area contributed by atoms with E-state index in [1.54, 1.807) is 30.3 Å². The van der Waals surface area contributed by atoms with Gasteiger partial charge in [0.1, 0.15) is 5.57 Å². The van der Waals surface area contributed by atoms with Gasteiger partial charge >= 0.3 is 6.03 Å². The maximum Gasteiger partial charge on any atom is 0.335 e. The summed E-state index contributed by atoms with van der Waals surface area (Å²) in [6.07, 6.45) is 1.58. The number of urea groups is 1. The molecule has 4 aromatic carbocycles. The SMILES string of the molecule is CCN(CCO)c1ccc(N2C(=O)NC(=O)C(=Cc3c4ccccc4cc4ccccc34)C2=O)cc1. The number of anilines is 2. The number of carbonyl (C=O) groups excluding carboxylic acids is 3. The van der Waals surface area contributed by atoms with E-state index < -0.39 is 17.8 Å². The van der Waals surface area contributed by atoms with Gasteiger partial charge in [-0.1, -0.05) is 48.5 Å². The van der Waals surface area contributed by atoms with Crippen LogP contribution in [0.3, 0.4) is 0 Å². The van der Waals surface area contributed by atoms with Gasteiger partial charge in [-0.3, -0.25) is 14.9 Å². The lowest BCUT2D eigenvalue weighted by Crippen LogP contribution is -2.54. The third kappa shape index (κ3) is 4.10. The molecule has 0 atom stereocenters. The fraction of sp³-hybridized carbons (Fsp3) is 0.138. The Morgan fingerprint density at radius 3 is 2.08 bits per heavy atom. The molecule has 1 fully saturated rings. The van der Waals surface area contributed by atoms with Gasteiger partial charge in [-0.2, -0.15) is 0 Å². The van der Waals surface area contributed by atoms with E-state index in [9.17, 15) is 19.5 Å². The zero-order chi connectivity index (χ0) is 25.2. The smallest absolute Gasteiger partial charge is 0.335 e. The Morgan fingerprint density at radius 2 is 1.50 bits per heavy atom. The van der Waals surface area contributed by atoms with E-state index in [1.165, 1.54) is 0 Å². The molecular formula is C29H25N3O4. The van der Waals surface area contributed by atoms with E-state index in [1.807, 2.05) is 60.4 Å². The van der Waals surface area contributed by atoms with Crippen molar-refractivity contribution >= 4 is 56.8 Å². The number of barbiturate groups is 1. The molecule has 0 unspecified atom stereocenters. The van der Waals surface area contributed by atoms with Crippen LogP contribution >= 0.6 is 0 Å². The van der Waals surface area contributed by atoms with Crippen molar-refractivity contribution in [2.45, 2.75) is 6.92 Å². The summed E-state index contributed by atoms with van der Waals surface area (Å²) < 4.78 is 0. The lowest BCUT2D eigenvalue weighted by molar-refractivity contribution is -0.122. The Morgan fingerprint density at radius 1 is 0.889 bits per heavy atom. The first kappa shape index (κ1) is 23.3. The molecule has 7 nitrogen and oxygen atoms in total. The summed E-state index contributed by atoms with van der Waals surface area (Å²) in [6, 6.07) is 23.8. The van der Waals surface area contributed by atoms with Crippen molar-refractivity contribution in [3.05, 3.63) is 90.0 Å². The second-order valence-corrected chi connectivity index (χ2v) is 8.51. The molecule has 180 valence electrons. The summed E-state index contributed by atoms with van der Waals surface area (Å²) >= 11 is 0. The maximum absolute atomic E-state index is 13.5. The first-order valence-electron chi connectivity index (χ1n) is 11.8. The molecule has 1 saturated heterocycles. The predicted molar refractivity (Wildman–Crippen MR) is 142 cm³/mol. The number of benzene rings is 4. The van der Waals surface area contributed by atoms with Crippen molar-refractivity contribution in [1.82, 2.24) is 5.32 Å². The minimum Gasteiger partial charge on any atom is -0.395 e. The zero-order valence-corrected chi connectivity index (χ0v) is 19.8. The van der Waals surface area contributed by atoms with Crippen molar-refractivity contribution in [2.24, 2.45) is 0 Å². The molecule has 1 aliphatic rings. The molecule has 0 spiro atoms. The van der Waals surface area contributed by atoms with Gasteiger partial charge in [-0.25, -0.2) is 9.69 Å². The first-order valence-corrected chi connectivity index (χ1v) is 11.8. The summed E-state index contributed by atoms with van der Waals surface area (Å²) in [7, 11) is 0. The summed E-state index contributed by atoms with van der Waals surface area (Å²) in [5, 5.41) is 15.4. The quantitative estimate of drug-likeness (QED) is 0.242. The predicted octanol–water partition coefficient (Wildman–Crippen LogP) is 4.48. The average Bonchev–Trinajstić information content (AvgIpc) is 2.89. The number of amides is 4. The van der Waals surface area contributed by atoms with Gasteiger partial charge in [-0.05, 0) is 70.4 Å². The molecule has 36 heavy (non-hydrogen) atoms. The van der Waals surface area contributed by atoms with Crippen LogP contribution in [0, 0.1) is 0 Å². The van der Waals surface area contributed by atoms with Crippen molar-refractivity contribution < 1.29 is 19.5 Å². The summed E-state index contributed by atoms with van der Waals surface area (Å²) in [5.74, 6) is -1.41. The topological polar surface area (TPSA) is 89.9 Å². The highest BCUT2D eigenvalue weighted by Crippen LogP contribution is 2.32. The summed E-state index contributed by atoms with van der Waals surface area (Å²) in [4.78, 5) is 42.0. The van der Waals surface area contributed by atoms with E-state index >= 15 is 0 Å². The lowest BCUT2D eigenvalue weighted by atomic mass is 9.94. The van der Waals surface area contributed by atoms with Crippen LogP contribution in [0.5, 0.6) is 0 Å². The molecule has 1 heterocycles. The third-order valence-corrected chi connectivity index (χ3v) is 6.43. The van der Waals surface area contributed by atoms with Gasteiger partial charge in [0.25, 0.3) is 11.8 Å². The molecule has 4 amide bonds. The molecule has 7 heteroatoms.